The van der Waals surface area contributed by atoms with Crippen molar-refractivity contribution in [2.75, 3.05) is 18.2 Å². The van der Waals surface area contributed by atoms with Crippen molar-refractivity contribution >= 4 is 55.4 Å². The fourth-order valence-corrected chi connectivity index (χ4v) is 6.48. The van der Waals surface area contributed by atoms with Crippen LogP contribution in [-0.4, -0.2) is 23.9 Å². The lowest BCUT2D eigenvalue weighted by Gasteiger charge is -2.12. The molecular formula is C26H26N4O3S2. The summed E-state index contributed by atoms with van der Waals surface area (Å²) >= 11 is 2.54. The maximum Gasteiger partial charge on any atom is 0.268 e. The van der Waals surface area contributed by atoms with Crippen LogP contribution in [0.2, 0.25) is 0 Å². The van der Waals surface area contributed by atoms with Gasteiger partial charge >= 0.3 is 0 Å². The van der Waals surface area contributed by atoms with Gasteiger partial charge in [-0.3, -0.25) is 9.59 Å². The van der Waals surface area contributed by atoms with Crippen molar-refractivity contribution in [2.24, 2.45) is 5.73 Å². The van der Waals surface area contributed by atoms with Gasteiger partial charge in [0.15, 0.2) is 0 Å². The number of aryl methyl sites for hydroxylation is 2. The Labute approximate surface area is 211 Å². The van der Waals surface area contributed by atoms with E-state index in [4.69, 9.17) is 21.2 Å². The van der Waals surface area contributed by atoms with Crippen molar-refractivity contribution in [3.8, 4) is 16.9 Å². The molecule has 3 heterocycles. The van der Waals surface area contributed by atoms with Gasteiger partial charge in [-0.15, -0.1) is 22.7 Å². The SMILES string of the molecule is COc1ccc(-c2csc(NC(=O)c3sc4nc5c(cc4c3N)CCCCCC5)c2C(N)=O)cc1. The molecule has 5 rings (SSSR count). The first-order valence-electron chi connectivity index (χ1n) is 11.5. The van der Waals surface area contributed by atoms with Gasteiger partial charge in [0.1, 0.15) is 20.5 Å². The van der Waals surface area contributed by atoms with E-state index in [9.17, 15) is 9.59 Å². The lowest BCUT2D eigenvalue weighted by atomic mass is 9.96. The summed E-state index contributed by atoms with van der Waals surface area (Å²) in [4.78, 5) is 31.6. The van der Waals surface area contributed by atoms with Crippen LogP contribution in [-0.2, 0) is 12.8 Å². The average Bonchev–Trinajstić information content (AvgIpc) is 3.40. The van der Waals surface area contributed by atoms with E-state index in [1.807, 2.05) is 29.6 Å². The molecule has 2 amide bonds. The van der Waals surface area contributed by atoms with Crippen LogP contribution in [0.15, 0.2) is 35.7 Å². The number of carbonyl (C=O) groups is 2. The van der Waals surface area contributed by atoms with E-state index in [0.717, 1.165) is 47.2 Å². The molecule has 0 unspecified atom stereocenters. The van der Waals surface area contributed by atoms with Crippen molar-refractivity contribution in [1.82, 2.24) is 4.98 Å². The van der Waals surface area contributed by atoms with Crippen LogP contribution in [0.1, 0.15) is 57.0 Å². The van der Waals surface area contributed by atoms with Gasteiger partial charge in [-0.05, 0) is 55.0 Å². The highest BCUT2D eigenvalue weighted by Crippen LogP contribution is 2.39. The third kappa shape index (κ3) is 4.49. The minimum Gasteiger partial charge on any atom is -0.497 e. The Bertz CT molecular complexity index is 1420. The fourth-order valence-electron chi connectivity index (χ4n) is 4.52. The number of pyridine rings is 1. The number of primary amides is 1. The summed E-state index contributed by atoms with van der Waals surface area (Å²) in [6, 6.07) is 9.42. The van der Waals surface area contributed by atoms with Gasteiger partial charge < -0.3 is 21.5 Å². The molecule has 0 saturated heterocycles. The molecule has 0 saturated carbocycles. The van der Waals surface area contributed by atoms with E-state index in [-0.39, 0.29) is 11.5 Å². The van der Waals surface area contributed by atoms with Crippen LogP contribution in [0.25, 0.3) is 21.3 Å². The Kier molecular flexibility index (Phi) is 6.44. The number of nitrogen functional groups attached to an aromatic ring is 1. The van der Waals surface area contributed by atoms with E-state index in [1.54, 1.807) is 7.11 Å². The molecule has 1 aromatic carbocycles. The monoisotopic (exact) mass is 506 g/mol. The van der Waals surface area contributed by atoms with Gasteiger partial charge in [-0.2, -0.15) is 0 Å². The third-order valence-corrected chi connectivity index (χ3v) is 8.38. The number of ether oxygens (including phenoxy) is 1. The maximum absolute atomic E-state index is 13.3. The first-order chi connectivity index (χ1) is 17.0. The summed E-state index contributed by atoms with van der Waals surface area (Å²) < 4.78 is 5.21. The number of carbonyl (C=O) groups excluding carboxylic acids is 2. The van der Waals surface area contributed by atoms with Gasteiger partial charge in [0.05, 0.1) is 18.4 Å². The number of amides is 2. The van der Waals surface area contributed by atoms with Crippen molar-refractivity contribution in [2.45, 2.75) is 38.5 Å². The van der Waals surface area contributed by atoms with Crippen molar-refractivity contribution in [3.05, 3.63) is 57.4 Å². The van der Waals surface area contributed by atoms with Crippen molar-refractivity contribution in [1.29, 1.82) is 0 Å². The van der Waals surface area contributed by atoms with E-state index in [2.05, 4.69) is 11.4 Å². The van der Waals surface area contributed by atoms with Gasteiger partial charge in [0.25, 0.3) is 11.8 Å². The number of anilines is 2. The van der Waals surface area contributed by atoms with Crippen LogP contribution in [0.3, 0.4) is 0 Å². The zero-order valence-corrected chi connectivity index (χ0v) is 21.0. The molecule has 0 spiro atoms. The highest BCUT2D eigenvalue weighted by molar-refractivity contribution is 7.21. The Morgan fingerprint density at radius 2 is 1.83 bits per heavy atom. The molecule has 5 N–H and O–H groups in total. The number of nitrogens with two attached hydrogens (primary N) is 2. The van der Waals surface area contributed by atoms with Crippen LogP contribution in [0, 0.1) is 0 Å². The summed E-state index contributed by atoms with van der Waals surface area (Å²) in [5, 5.41) is 5.89. The average molecular weight is 507 g/mol. The van der Waals surface area contributed by atoms with E-state index >= 15 is 0 Å². The lowest BCUT2D eigenvalue weighted by molar-refractivity contribution is 0.100. The number of benzene rings is 1. The molecule has 0 radical (unpaired) electrons. The number of hydrogen-bond donors (Lipinski definition) is 3. The van der Waals surface area contributed by atoms with Crippen LogP contribution in [0.5, 0.6) is 5.75 Å². The third-order valence-electron chi connectivity index (χ3n) is 6.37. The number of nitrogens with one attached hydrogen (secondary N) is 1. The van der Waals surface area contributed by atoms with Gasteiger partial charge in [-0.1, -0.05) is 25.0 Å². The zero-order valence-electron chi connectivity index (χ0n) is 19.3. The number of nitrogens with zero attached hydrogens (tertiary/aromatic N) is 1. The molecule has 180 valence electrons. The Balaban J connectivity index is 1.47. The number of hydrogen-bond acceptors (Lipinski definition) is 7. The molecular weight excluding hydrogens is 480 g/mol. The van der Waals surface area contributed by atoms with Gasteiger partial charge in [0, 0.05) is 22.0 Å². The highest BCUT2D eigenvalue weighted by atomic mass is 32.1. The molecule has 1 aliphatic rings. The molecule has 0 bridgehead atoms. The summed E-state index contributed by atoms with van der Waals surface area (Å²) in [6.45, 7) is 0. The Morgan fingerprint density at radius 1 is 1.09 bits per heavy atom. The quantitative estimate of drug-likeness (QED) is 0.324. The highest BCUT2D eigenvalue weighted by Gasteiger charge is 2.24. The summed E-state index contributed by atoms with van der Waals surface area (Å²) in [5.74, 6) is -0.276. The number of thiophene rings is 2. The Morgan fingerprint density at radius 3 is 2.54 bits per heavy atom. The first-order valence-corrected chi connectivity index (χ1v) is 13.2. The van der Waals surface area contributed by atoms with Crippen molar-refractivity contribution in [3.63, 3.8) is 0 Å². The minimum absolute atomic E-state index is 0.272. The predicted molar refractivity (Wildman–Crippen MR) is 143 cm³/mol. The van der Waals surface area contributed by atoms with Crippen LogP contribution in [0.4, 0.5) is 10.7 Å². The molecule has 3 aromatic heterocycles. The van der Waals surface area contributed by atoms with E-state index in [1.165, 1.54) is 41.1 Å². The summed E-state index contributed by atoms with van der Waals surface area (Å²) in [6.07, 6.45) is 6.66. The maximum atomic E-state index is 13.3. The molecule has 35 heavy (non-hydrogen) atoms. The van der Waals surface area contributed by atoms with Crippen LogP contribution >= 0.6 is 22.7 Å². The fraction of sp³-hybridized carbons (Fsp3) is 0.269. The van der Waals surface area contributed by atoms with E-state index in [0.29, 0.717) is 26.9 Å². The smallest absolute Gasteiger partial charge is 0.268 e. The number of aromatic nitrogens is 1. The first kappa shape index (κ1) is 23.3. The standard InChI is InChI=1S/C26H26N4O3S2/c1-33-16-10-8-14(9-11-16)18-13-34-26(20(18)23(28)31)30-24(32)22-21(27)17-12-15-6-4-2-3-5-7-19(15)29-25(17)35-22/h8-13H,2-7,27H2,1H3,(H2,28,31)(H,30,32). The summed E-state index contributed by atoms with van der Waals surface area (Å²) in [7, 11) is 1.59. The summed E-state index contributed by atoms with van der Waals surface area (Å²) in [5.41, 5.74) is 16.6. The largest absolute Gasteiger partial charge is 0.497 e. The Hall–Kier alpha value is -3.43. The molecule has 9 heteroatoms. The lowest BCUT2D eigenvalue weighted by Crippen LogP contribution is -2.17. The van der Waals surface area contributed by atoms with Gasteiger partial charge in [-0.25, -0.2) is 4.98 Å². The van der Waals surface area contributed by atoms with Crippen LogP contribution < -0.4 is 21.5 Å². The number of rotatable bonds is 5. The molecule has 1 aliphatic carbocycles. The molecule has 0 atom stereocenters. The zero-order chi connectivity index (χ0) is 24.5. The second-order valence-corrected chi connectivity index (χ2v) is 10.5. The minimum atomic E-state index is -0.613. The van der Waals surface area contributed by atoms with E-state index < -0.39 is 5.91 Å². The normalized spacial score (nSPS) is 13.6. The number of fused-ring (bicyclic) bond motifs is 2. The second-order valence-electron chi connectivity index (χ2n) is 8.61. The molecule has 7 nitrogen and oxygen atoms in total. The predicted octanol–water partition coefficient (Wildman–Crippen LogP) is 5.63. The molecule has 0 aliphatic heterocycles. The van der Waals surface area contributed by atoms with Gasteiger partial charge in [0.2, 0.25) is 0 Å². The molecule has 4 aromatic rings. The molecule has 0 fully saturated rings. The van der Waals surface area contributed by atoms with Crippen molar-refractivity contribution < 1.29 is 14.3 Å². The second kappa shape index (κ2) is 9.67. The topological polar surface area (TPSA) is 120 Å². The number of methoxy groups -OCH3 is 1.